The number of hydrogen-bond donors (Lipinski definition) is 0. The van der Waals surface area contributed by atoms with Crippen molar-refractivity contribution in [2.75, 3.05) is 27.4 Å². The van der Waals surface area contributed by atoms with Crippen LogP contribution < -0.4 is 29.1 Å². The number of esters is 1. The fourth-order valence-electron chi connectivity index (χ4n) is 4.90. The molecule has 1 aromatic heterocycles. The summed E-state index contributed by atoms with van der Waals surface area (Å²) in [6, 6.07) is 17.7. The molecule has 0 radical (unpaired) electrons. The number of methoxy groups -OCH3 is 2. The Morgan fingerprint density at radius 2 is 1.74 bits per heavy atom. The molecule has 1 aliphatic heterocycles. The number of aromatic nitrogens is 1. The summed E-state index contributed by atoms with van der Waals surface area (Å²) in [5.74, 6) is 1.04. The molecule has 0 bridgehead atoms. The van der Waals surface area contributed by atoms with Crippen LogP contribution in [-0.4, -0.2) is 38.0 Å². The van der Waals surface area contributed by atoms with Gasteiger partial charge in [0.1, 0.15) is 5.75 Å². The third-order valence-corrected chi connectivity index (χ3v) is 8.74. The molecule has 1 atom stereocenters. The van der Waals surface area contributed by atoms with Crippen molar-refractivity contribution in [3.05, 3.63) is 112 Å². The average Bonchev–Trinajstić information content (AvgIpc) is 3.32. The van der Waals surface area contributed by atoms with E-state index in [-0.39, 0.29) is 17.7 Å². The predicted molar refractivity (Wildman–Crippen MR) is 174 cm³/mol. The second-order valence-corrected chi connectivity index (χ2v) is 12.1. The Labute approximate surface area is 269 Å². The van der Waals surface area contributed by atoms with Crippen LogP contribution in [0, 0.1) is 0 Å². The molecule has 0 amide bonds. The van der Waals surface area contributed by atoms with Crippen molar-refractivity contribution in [3.8, 4) is 17.2 Å². The van der Waals surface area contributed by atoms with Crippen molar-refractivity contribution in [1.29, 1.82) is 0 Å². The summed E-state index contributed by atoms with van der Waals surface area (Å²) in [5, 5.41) is 0. The normalized spacial score (nSPS) is 14.7. The van der Waals surface area contributed by atoms with E-state index < -0.39 is 12.0 Å². The van der Waals surface area contributed by atoms with E-state index in [1.165, 1.54) is 18.4 Å². The lowest BCUT2D eigenvalue weighted by Crippen LogP contribution is -2.40. The summed E-state index contributed by atoms with van der Waals surface area (Å²) in [6.07, 6.45) is 1.78. The van der Waals surface area contributed by atoms with Crippen LogP contribution in [0.15, 0.2) is 85.0 Å². The zero-order valence-corrected chi connectivity index (χ0v) is 27.8. The Hall–Kier alpha value is -3.67. The summed E-state index contributed by atoms with van der Waals surface area (Å²) in [6.45, 7) is 4.25. The molecular formula is C32H28Br2N2O6S. The maximum atomic E-state index is 14.3. The molecule has 4 aromatic rings. The minimum absolute atomic E-state index is 0.158. The van der Waals surface area contributed by atoms with Gasteiger partial charge in [0.25, 0.3) is 5.56 Å². The lowest BCUT2D eigenvalue weighted by atomic mass is 9.93. The molecule has 0 saturated carbocycles. The first-order valence-corrected chi connectivity index (χ1v) is 15.8. The van der Waals surface area contributed by atoms with Crippen molar-refractivity contribution in [3.63, 3.8) is 0 Å². The Morgan fingerprint density at radius 1 is 1.00 bits per heavy atom. The van der Waals surface area contributed by atoms with Crippen molar-refractivity contribution >= 4 is 60.9 Å². The van der Waals surface area contributed by atoms with E-state index in [0.29, 0.717) is 50.0 Å². The monoisotopic (exact) mass is 726 g/mol. The Bertz CT molecular complexity index is 1900. The fraction of sp³-hybridized carbons (Fsp3) is 0.219. The summed E-state index contributed by atoms with van der Waals surface area (Å²) in [4.78, 5) is 33.3. The molecule has 3 aromatic carbocycles. The SMILES string of the molecule is CCOC(=O)C1=C(c2ccccc2)N=c2s/c(=C\c3cc(Br)cc(Br)c3OCC)c(=O)n2[C@@H]1c1ccc(OC)c(OC)c1. The lowest BCUT2D eigenvalue weighted by molar-refractivity contribution is -0.138. The van der Waals surface area contributed by atoms with Crippen LogP contribution in [0.1, 0.15) is 36.6 Å². The highest BCUT2D eigenvalue weighted by Gasteiger charge is 2.35. The van der Waals surface area contributed by atoms with Gasteiger partial charge in [-0.2, -0.15) is 0 Å². The van der Waals surface area contributed by atoms with Gasteiger partial charge in [0.2, 0.25) is 0 Å². The van der Waals surface area contributed by atoms with E-state index in [2.05, 4.69) is 31.9 Å². The van der Waals surface area contributed by atoms with Gasteiger partial charge >= 0.3 is 5.97 Å². The van der Waals surface area contributed by atoms with Crippen molar-refractivity contribution < 1.29 is 23.7 Å². The van der Waals surface area contributed by atoms with Crippen LogP contribution in [0.25, 0.3) is 11.8 Å². The number of carbonyl (C=O) groups is 1. The van der Waals surface area contributed by atoms with Crippen LogP contribution >= 0.6 is 43.2 Å². The molecule has 5 rings (SSSR count). The first kappa shape index (κ1) is 30.8. The first-order valence-electron chi connectivity index (χ1n) is 13.4. The third-order valence-electron chi connectivity index (χ3n) is 6.71. The van der Waals surface area contributed by atoms with E-state index in [1.807, 2.05) is 55.5 Å². The average molecular weight is 728 g/mol. The molecule has 0 aliphatic carbocycles. The summed E-state index contributed by atoms with van der Waals surface area (Å²) in [5.41, 5.74) is 2.45. The topological polar surface area (TPSA) is 88.4 Å². The molecule has 0 N–H and O–H groups in total. The number of halogens is 2. The van der Waals surface area contributed by atoms with E-state index in [4.69, 9.17) is 23.9 Å². The van der Waals surface area contributed by atoms with E-state index in [9.17, 15) is 9.59 Å². The quantitative estimate of drug-likeness (QED) is 0.200. The number of hydrogen-bond acceptors (Lipinski definition) is 8. The van der Waals surface area contributed by atoms with Gasteiger partial charge in [0.05, 0.1) is 53.8 Å². The standard InChI is InChI=1S/C32H28Br2N2O6S/c1-5-41-29-20(14-21(33)17-22(29)34)16-25-30(37)36-28(19-12-13-23(39-3)24(15-19)40-4)26(31(38)42-6-2)27(35-32(36)43-25)18-10-8-7-9-11-18/h7-17,28H,5-6H2,1-4H3/b25-16-/t28-/m1/s1. The maximum absolute atomic E-state index is 14.3. The molecule has 0 spiro atoms. The van der Waals surface area contributed by atoms with Gasteiger partial charge in [-0.15, -0.1) is 0 Å². The highest BCUT2D eigenvalue weighted by molar-refractivity contribution is 9.11. The highest BCUT2D eigenvalue weighted by atomic mass is 79.9. The van der Waals surface area contributed by atoms with E-state index >= 15 is 0 Å². The van der Waals surface area contributed by atoms with Crippen LogP contribution in [0.3, 0.4) is 0 Å². The number of ether oxygens (including phenoxy) is 4. The van der Waals surface area contributed by atoms with Crippen LogP contribution in [0.5, 0.6) is 17.2 Å². The molecule has 43 heavy (non-hydrogen) atoms. The molecule has 11 heteroatoms. The zero-order chi connectivity index (χ0) is 30.7. The lowest BCUT2D eigenvalue weighted by Gasteiger charge is -2.26. The second kappa shape index (κ2) is 13.3. The summed E-state index contributed by atoms with van der Waals surface area (Å²) in [7, 11) is 3.09. The van der Waals surface area contributed by atoms with Gasteiger partial charge in [0, 0.05) is 15.6 Å². The van der Waals surface area contributed by atoms with Gasteiger partial charge in [-0.3, -0.25) is 9.36 Å². The van der Waals surface area contributed by atoms with Crippen molar-refractivity contribution in [2.24, 2.45) is 4.99 Å². The van der Waals surface area contributed by atoms with Crippen LogP contribution in [-0.2, 0) is 9.53 Å². The van der Waals surface area contributed by atoms with Gasteiger partial charge in [0.15, 0.2) is 16.3 Å². The third kappa shape index (κ3) is 6.07. The van der Waals surface area contributed by atoms with Crippen molar-refractivity contribution in [1.82, 2.24) is 4.57 Å². The van der Waals surface area contributed by atoms with Gasteiger partial charge in [-0.1, -0.05) is 63.7 Å². The largest absolute Gasteiger partial charge is 0.493 e. The fourth-order valence-corrected chi connectivity index (χ4v) is 7.27. The Kier molecular flexibility index (Phi) is 9.53. The molecule has 1 aliphatic rings. The molecular weight excluding hydrogens is 700 g/mol. The van der Waals surface area contributed by atoms with Gasteiger partial charge < -0.3 is 18.9 Å². The highest BCUT2D eigenvalue weighted by Crippen LogP contribution is 2.39. The van der Waals surface area contributed by atoms with Crippen molar-refractivity contribution in [2.45, 2.75) is 19.9 Å². The van der Waals surface area contributed by atoms with Gasteiger partial charge in [-0.05, 0) is 65.7 Å². The minimum atomic E-state index is -0.854. The zero-order valence-electron chi connectivity index (χ0n) is 23.9. The molecule has 2 heterocycles. The molecule has 8 nitrogen and oxygen atoms in total. The minimum Gasteiger partial charge on any atom is -0.493 e. The summed E-state index contributed by atoms with van der Waals surface area (Å²) >= 11 is 8.35. The van der Waals surface area contributed by atoms with Crippen LogP contribution in [0.2, 0.25) is 0 Å². The maximum Gasteiger partial charge on any atom is 0.338 e. The van der Waals surface area contributed by atoms with Crippen LogP contribution in [0.4, 0.5) is 0 Å². The second-order valence-electron chi connectivity index (χ2n) is 9.28. The van der Waals surface area contributed by atoms with E-state index in [0.717, 1.165) is 14.5 Å². The number of rotatable bonds is 9. The predicted octanol–water partition coefficient (Wildman–Crippen LogP) is 5.88. The number of benzene rings is 3. The number of carbonyl (C=O) groups excluding carboxylic acids is 1. The Balaban J connectivity index is 1.85. The number of thiazole rings is 1. The Morgan fingerprint density at radius 3 is 2.42 bits per heavy atom. The number of fused-ring (bicyclic) bond motifs is 1. The van der Waals surface area contributed by atoms with Gasteiger partial charge in [-0.25, -0.2) is 9.79 Å². The smallest absolute Gasteiger partial charge is 0.338 e. The van der Waals surface area contributed by atoms with E-state index in [1.54, 1.807) is 36.8 Å². The molecule has 0 saturated heterocycles. The number of nitrogens with zero attached hydrogens (tertiary/aromatic N) is 2. The first-order chi connectivity index (χ1) is 20.8. The molecule has 0 unspecified atom stereocenters. The summed E-state index contributed by atoms with van der Waals surface area (Å²) < 4.78 is 26.0. The molecule has 0 fully saturated rings. The molecule has 222 valence electrons.